The van der Waals surface area contributed by atoms with Crippen molar-refractivity contribution in [1.82, 2.24) is 4.90 Å². The van der Waals surface area contributed by atoms with Crippen LogP contribution >= 0.6 is 0 Å². The van der Waals surface area contributed by atoms with Crippen molar-refractivity contribution in [2.24, 2.45) is 11.1 Å². The van der Waals surface area contributed by atoms with Gasteiger partial charge in [0.25, 0.3) is 5.91 Å². The second kappa shape index (κ2) is 6.89. The molecule has 0 aliphatic rings. The predicted octanol–water partition coefficient (Wildman–Crippen LogP) is 3.14. The molecule has 3 heteroatoms. The molecule has 2 N–H and O–H groups in total. The van der Waals surface area contributed by atoms with Crippen LogP contribution in [0.1, 0.15) is 48.7 Å². The van der Waals surface area contributed by atoms with Crippen molar-refractivity contribution < 1.29 is 4.79 Å². The number of amides is 1. The van der Waals surface area contributed by atoms with Gasteiger partial charge in [-0.2, -0.15) is 0 Å². The van der Waals surface area contributed by atoms with Crippen molar-refractivity contribution in [3.8, 4) is 0 Å². The topological polar surface area (TPSA) is 46.3 Å². The molecule has 0 radical (unpaired) electrons. The van der Waals surface area contributed by atoms with Crippen LogP contribution in [0, 0.1) is 19.3 Å². The minimum atomic E-state index is -0.0519. The third-order valence-corrected chi connectivity index (χ3v) is 3.42. The summed E-state index contributed by atoms with van der Waals surface area (Å²) in [6.07, 6.45) is 0.956. The summed E-state index contributed by atoms with van der Waals surface area (Å²) >= 11 is 0. The number of hydrogen-bond donors (Lipinski definition) is 1. The fraction of sp³-hybridized carbons (Fsp3) is 0.588. The third-order valence-electron chi connectivity index (χ3n) is 3.42. The normalized spacial score (nSPS) is 11.5. The zero-order valence-corrected chi connectivity index (χ0v) is 13.5. The van der Waals surface area contributed by atoms with E-state index < -0.39 is 0 Å². The number of nitrogens with zero attached hydrogens (tertiary/aromatic N) is 1. The summed E-state index contributed by atoms with van der Waals surface area (Å²) < 4.78 is 0. The molecule has 1 rings (SSSR count). The number of nitrogens with two attached hydrogens (primary N) is 1. The first-order valence-electron chi connectivity index (χ1n) is 7.36. The van der Waals surface area contributed by atoms with E-state index in [9.17, 15) is 4.79 Å². The Labute approximate surface area is 123 Å². The van der Waals surface area contributed by atoms with Crippen LogP contribution in [-0.2, 0) is 0 Å². The maximum Gasteiger partial charge on any atom is 0.253 e. The Morgan fingerprint density at radius 3 is 2.20 bits per heavy atom. The Balaban J connectivity index is 2.99. The summed E-state index contributed by atoms with van der Waals surface area (Å²) in [6.45, 7) is 12.4. The Kier molecular flexibility index (Phi) is 5.75. The van der Waals surface area contributed by atoms with E-state index in [-0.39, 0.29) is 11.3 Å². The highest BCUT2D eigenvalue weighted by Gasteiger charge is 2.24. The highest BCUT2D eigenvalue weighted by Crippen LogP contribution is 2.18. The van der Waals surface area contributed by atoms with E-state index in [0.29, 0.717) is 13.1 Å². The van der Waals surface area contributed by atoms with Crippen LogP contribution in [0.5, 0.6) is 0 Å². The lowest BCUT2D eigenvalue weighted by Crippen LogP contribution is -2.42. The molecule has 0 aliphatic heterocycles. The lowest BCUT2D eigenvalue weighted by molar-refractivity contribution is 0.0689. The zero-order valence-electron chi connectivity index (χ0n) is 13.5. The molecule has 0 saturated heterocycles. The largest absolute Gasteiger partial charge is 0.338 e. The number of carbonyl (C=O) groups is 1. The van der Waals surface area contributed by atoms with E-state index in [0.717, 1.165) is 29.7 Å². The fourth-order valence-corrected chi connectivity index (χ4v) is 2.38. The van der Waals surface area contributed by atoms with Crippen molar-refractivity contribution in [2.45, 2.75) is 41.0 Å². The van der Waals surface area contributed by atoms with Gasteiger partial charge in [0.05, 0.1) is 0 Å². The lowest BCUT2D eigenvalue weighted by Gasteiger charge is -2.32. The van der Waals surface area contributed by atoms with Crippen molar-refractivity contribution in [2.75, 3.05) is 19.6 Å². The average Bonchev–Trinajstić information content (AvgIpc) is 2.36. The van der Waals surface area contributed by atoms with Gasteiger partial charge < -0.3 is 10.6 Å². The number of hydrogen-bond acceptors (Lipinski definition) is 2. The van der Waals surface area contributed by atoms with Crippen LogP contribution in [-0.4, -0.2) is 30.4 Å². The molecule has 0 aliphatic carbocycles. The van der Waals surface area contributed by atoms with E-state index in [1.165, 1.54) is 0 Å². The van der Waals surface area contributed by atoms with Gasteiger partial charge in [0, 0.05) is 18.7 Å². The van der Waals surface area contributed by atoms with Gasteiger partial charge in [-0.3, -0.25) is 4.79 Å². The Bertz CT molecular complexity index is 446. The second-order valence-corrected chi connectivity index (χ2v) is 6.47. The first-order valence-corrected chi connectivity index (χ1v) is 7.36. The van der Waals surface area contributed by atoms with Crippen LogP contribution in [0.25, 0.3) is 0 Å². The second-order valence-electron chi connectivity index (χ2n) is 6.47. The summed E-state index contributed by atoms with van der Waals surface area (Å²) in [4.78, 5) is 14.6. The molecule has 20 heavy (non-hydrogen) atoms. The molecule has 1 aromatic rings. The standard InChI is InChI=1S/C17H28N2O/c1-6-7-19(12-17(4,5)11-18)16(20)15-9-13(2)8-14(3)10-15/h8-10H,6-7,11-12,18H2,1-5H3. The number of carbonyl (C=O) groups excluding carboxylic acids is 1. The molecular weight excluding hydrogens is 248 g/mol. The summed E-state index contributed by atoms with van der Waals surface area (Å²) in [5.74, 6) is 0.111. The number of aryl methyl sites for hydroxylation is 2. The summed E-state index contributed by atoms with van der Waals surface area (Å²) in [5, 5.41) is 0. The first kappa shape index (κ1) is 16.7. The molecule has 0 heterocycles. The van der Waals surface area contributed by atoms with Gasteiger partial charge >= 0.3 is 0 Å². The van der Waals surface area contributed by atoms with Gasteiger partial charge in [0.2, 0.25) is 0 Å². The maximum absolute atomic E-state index is 12.7. The van der Waals surface area contributed by atoms with Crippen molar-refractivity contribution in [3.05, 3.63) is 34.9 Å². The third kappa shape index (κ3) is 4.64. The van der Waals surface area contributed by atoms with Crippen LogP contribution in [0.2, 0.25) is 0 Å². The highest BCUT2D eigenvalue weighted by atomic mass is 16.2. The van der Waals surface area contributed by atoms with Crippen molar-refractivity contribution >= 4 is 5.91 Å². The molecule has 0 atom stereocenters. The van der Waals surface area contributed by atoms with E-state index in [2.05, 4.69) is 26.8 Å². The summed E-state index contributed by atoms with van der Waals surface area (Å²) in [7, 11) is 0. The fourth-order valence-electron chi connectivity index (χ4n) is 2.38. The van der Waals surface area contributed by atoms with Gasteiger partial charge in [0.1, 0.15) is 0 Å². The van der Waals surface area contributed by atoms with Gasteiger partial charge in [-0.1, -0.05) is 38.0 Å². The molecule has 0 saturated carbocycles. The molecule has 0 aromatic heterocycles. The molecule has 0 unspecified atom stereocenters. The monoisotopic (exact) mass is 276 g/mol. The van der Waals surface area contributed by atoms with Gasteiger partial charge in [0.15, 0.2) is 0 Å². The molecule has 3 nitrogen and oxygen atoms in total. The lowest BCUT2D eigenvalue weighted by atomic mass is 9.92. The van der Waals surface area contributed by atoms with Crippen LogP contribution in [0.15, 0.2) is 18.2 Å². The van der Waals surface area contributed by atoms with E-state index in [1.54, 1.807) is 0 Å². The molecule has 1 aromatic carbocycles. The van der Waals surface area contributed by atoms with E-state index in [4.69, 9.17) is 5.73 Å². The van der Waals surface area contributed by atoms with Crippen LogP contribution in [0.3, 0.4) is 0 Å². The molecule has 0 spiro atoms. The Hall–Kier alpha value is -1.35. The van der Waals surface area contributed by atoms with Gasteiger partial charge in [-0.15, -0.1) is 0 Å². The number of benzene rings is 1. The van der Waals surface area contributed by atoms with Crippen molar-refractivity contribution in [1.29, 1.82) is 0 Å². The molecular formula is C17H28N2O. The smallest absolute Gasteiger partial charge is 0.253 e. The van der Waals surface area contributed by atoms with Crippen LogP contribution < -0.4 is 5.73 Å². The highest BCUT2D eigenvalue weighted by molar-refractivity contribution is 5.94. The summed E-state index contributed by atoms with van der Waals surface area (Å²) in [6, 6.07) is 6.02. The Morgan fingerprint density at radius 1 is 1.20 bits per heavy atom. The van der Waals surface area contributed by atoms with E-state index in [1.807, 2.05) is 30.9 Å². The Morgan fingerprint density at radius 2 is 1.75 bits per heavy atom. The first-order chi connectivity index (χ1) is 9.29. The maximum atomic E-state index is 12.7. The molecule has 0 fully saturated rings. The quantitative estimate of drug-likeness (QED) is 0.867. The number of rotatable bonds is 6. The SMILES string of the molecule is CCCN(CC(C)(C)CN)C(=O)c1cc(C)cc(C)c1. The molecule has 112 valence electrons. The predicted molar refractivity (Wildman–Crippen MR) is 84.9 cm³/mol. The summed E-state index contributed by atoms with van der Waals surface area (Å²) in [5.41, 5.74) is 8.78. The zero-order chi connectivity index (χ0) is 15.3. The van der Waals surface area contributed by atoms with Crippen molar-refractivity contribution in [3.63, 3.8) is 0 Å². The average molecular weight is 276 g/mol. The van der Waals surface area contributed by atoms with Gasteiger partial charge in [-0.25, -0.2) is 0 Å². The van der Waals surface area contributed by atoms with E-state index >= 15 is 0 Å². The molecule has 1 amide bonds. The van der Waals surface area contributed by atoms with Gasteiger partial charge in [-0.05, 0) is 44.4 Å². The molecule has 0 bridgehead atoms. The minimum absolute atomic E-state index is 0.0519. The minimum Gasteiger partial charge on any atom is -0.338 e. The van der Waals surface area contributed by atoms with Crippen LogP contribution in [0.4, 0.5) is 0 Å².